The van der Waals surface area contributed by atoms with E-state index in [1.54, 1.807) is 6.20 Å². The predicted octanol–water partition coefficient (Wildman–Crippen LogP) is 2.83. The van der Waals surface area contributed by atoms with Crippen LogP contribution in [0.3, 0.4) is 0 Å². The first-order valence-corrected chi connectivity index (χ1v) is 8.18. The van der Waals surface area contributed by atoms with Crippen molar-refractivity contribution >= 4 is 16.9 Å². The molecule has 1 heterocycles. The molecule has 3 N–H and O–H groups in total. The SMILES string of the molecule is CCC(CC)C(O)CNC(=O)NCc1cccc2cccnc12. The second-order valence-electron chi connectivity index (χ2n) is 5.70. The summed E-state index contributed by atoms with van der Waals surface area (Å²) in [6, 6.07) is 9.52. The fraction of sp³-hybridized carbons (Fsp3) is 0.444. The lowest BCUT2D eigenvalue weighted by atomic mass is 9.97. The lowest BCUT2D eigenvalue weighted by Gasteiger charge is -2.20. The monoisotopic (exact) mass is 315 g/mol. The van der Waals surface area contributed by atoms with E-state index < -0.39 is 6.10 Å². The Balaban J connectivity index is 1.86. The highest BCUT2D eigenvalue weighted by Crippen LogP contribution is 2.15. The van der Waals surface area contributed by atoms with E-state index in [2.05, 4.69) is 15.6 Å². The van der Waals surface area contributed by atoms with E-state index in [4.69, 9.17) is 0 Å². The van der Waals surface area contributed by atoms with Gasteiger partial charge >= 0.3 is 6.03 Å². The number of amides is 2. The van der Waals surface area contributed by atoms with Crippen molar-refractivity contribution in [3.05, 3.63) is 42.1 Å². The van der Waals surface area contributed by atoms with Crippen LogP contribution in [0, 0.1) is 5.92 Å². The maximum atomic E-state index is 11.9. The van der Waals surface area contributed by atoms with Gasteiger partial charge in [0.05, 0.1) is 11.6 Å². The van der Waals surface area contributed by atoms with Crippen molar-refractivity contribution in [3.63, 3.8) is 0 Å². The van der Waals surface area contributed by atoms with Crippen molar-refractivity contribution in [1.82, 2.24) is 15.6 Å². The van der Waals surface area contributed by atoms with Crippen molar-refractivity contribution in [1.29, 1.82) is 0 Å². The number of pyridine rings is 1. The molecule has 0 saturated heterocycles. The van der Waals surface area contributed by atoms with Crippen molar-refractivity contribution < 1.29 is 9.90 Å². The fourth-order valence-corrected chi connectivity index (χ4v) is 2.74. The number of para-hydroxylation sites is 1. The Morgan fingerprint density at radius 2 is 1.91 bits per heavy atom. The number of aliphatic hydroxyl groups excluding tert-OH is 1. The molecule has 0 radical (unpaired) electrons. The molecule has 0 aliphatic rings. The molecule has 1 unspecified atom stereocenters. The van der Waals surface area contributed by atoms with E-state index in [-0.39, 0.29) is 18.5 Å². The Morgan fingerprint density at radius 3 is 2.65 bits per heavy atom. The van der Waals surface area contributed by atoms with Gasteiger partial charge in [-0.1, -0.05) is 51.0 Å². The minimum Gasteiger partial charge on any atom is -0.391 e. The van der Waals surface area contributed by atoms with Crippen LogP contribution < -0.4 is 10.6 Å². The van der Waals surface area contributed by atoms with Crippen LogP contribution in [-0.4, -0.2) is 28.8 Å². The molecule has 1 aromatic heterocycles. The Kier molecular flexibility index (Phi) is 6.35. The van der Waals surface area contributed by atoms with E-state index in [0.29, 0.717) is 6.54 Å². The number of aliphatic hydroxyl groups is 1. The van der Waals surface area contributed by atoms with Crippen molar-refractivity contribution in [2.45, 2.75) is 39.3 Å². The van der Waals surface area contributed by atoms with Gasteiger partial charge < -0.3 is 15.7 Å². The second-order valence-corrected chi connectivity index (χ2v) is 5.70. The molecular formula is C18H25N3O2. The van der Waals surface area contributed by atoms with E-state index in [1.165, 1.54) is 0 Å². The Bertz CT molecular complexity index is 636. The van der Waals surface area contributed by atoms with Gasteiger partial charge in [0.15, 0.2) is 0 Å². The molecule has 0 spiro atoms. The molecule has 5 heteroatoms. The molecule has 23 heavy (non-hydrogen) atoms. The Morgan fingerprint density at radius 1 is 1.17 bits per heavy atom. The first-order valence-electron chi connectivity index (χ1n) is 8.18. The molecule has 2 amide bonds. The topological polar surface area (TPSA) is 74.2 Å². The average Bonchev–Trinajstić information content (AvgIpc) is 2.59. The van der Waals surface area contributed by atoms with Gasteiger partial charge in [0.1, 0.15) is 0 Å². The zero-order valence-corrected chi connectivity index (χ0v) is 13.7. The molecule has 0 bridgehead atoms. The molecule has 2 aromatic rings. The highest BCUT2D eigenvalue weighted by molar-refractivity contribution is 5.82. The number of aromatic nitrogens is 1. The van der Waals surface area contributed by atoms with E-state index >= 15 is 0 Å². The van der Waals surface area contributed by atoms with Crippen LogP contribution in [0.2, 0.25) is 0 Å². The summed E-state index contributed by atoms with van der Waals surface area (Å²) in [5.74, 6) is 0.220. The minimum atomic E-state index is -0.505. The summed E-state index contributed by atoms with van der Waals surface area (Å²) in [5.41, 5.74) is 1.87. The van der Waals surface area contributed by atoms with Gasteiger partial charge in [-0.25, -0.2) is 4.79 Å². The number of fused-ring (bicyclic) bond motifs is 1. The predicted molar refractivity (Wildman–Crippen MR) is 92.1 cm³/mol. The molecule has 0 aliphatic heterocycles. The van der Waals surface area contributed by atoms with Gasteiger partial charge in [-0.3, -0.25) is 4.98 Å². The average molecular weight is 315 g/mol. The van der Waals surface area contributed by atoms with Crippen LogP contribution in [-0.2, 0) is 6.54 Å². The number of benzene rings is 1. The summed E-state index contributed by atoms with van der Waals surface area (Å²) in [6.45, 7) is 4.77. The number of urea groups is 1. The zero-order chi connectivity index (χ0) is 16.7. The van der Waals surface area contributed by atoms with E-state index in [9.17, 15) is 9.90 Å². The Hall–Kier alpha value is -2.14. The van der Waals surface area contributed by atoms with Gasteiger partial charge in [0, 0.05) is 24.7 Å². The molecule has 0 saturated carbocycles. The molecule has 0 fully saturated rings. The van der Waals surface area contributed by atoms with Gasteiger partial charge in [0.2, 0.25) is 0 Å². The van der Waals surface area contributed by atoms with Crippen LogP contribution in [0.1, 0.15) is 32.3 Å². The summed E-state index contributed by atoms with van der Waals surface area (Å²) in [5, 5.41) is 16.6. The lowest BCUT2D eigenvalue weighted by molar-refractivity contribution is 0.103. The number of hydrogen-bond donors (Lipinski definition) is 3. The number of carbonyl (C=O) groups is 1. The third-order valence-electron chi connectivity index (χ3n) is 4.22. The summed E-state index contributed by atoms with van der Waals surface area (Å²) >= 11 is 0. The molecular weight excluding hydrogens is 290 g/mol. The molecule has 0 aliphatic carbocycles. The van der Waals surface area contributed by atoms with Gasteiger partial charge in [0.25, 0.3) is 0 Å². The van der Waals surface area contributed by atoms with Crippen molar-refractivity contribution in [2.24, 2.45) is 5.92 Å². The van der Waals surface area contributed by atoms with Gasteiger partial charge in [-0.15, -0.1) is 0 Å². The van der Waals surface area contributed by atoms with Crippen LogP contribution in [0.25, 0.3) is 10.9 Å². The van der Waals surface area contributed by atoms with E-state index in [1.807, 2.05) is 44.2 Å². The maximum Gasteiger partial charge on any atom is 0.315 e. The molecule has 1 aromatic carbocycles. The van der Waals surface area contributed by atoms with Crippen LogP contribution in [0.15, 0.2) is 36.5 Å². The summed E-state index contributed by atoms with van der Waals surface area (Å²) in [6.07, 6.45) is 3.05. The standard InChI is InChI=1S/C18H25N3O2/c1-3-13(4-2)16(22)12-21-18(23)20-11-15-8-5-7-14-9-6-10-19-17(14)15/h5-10,13,16,22H,3-4,11-12H2,1-2H3,(H2,20,21,23). The summed E-state index contributed by atoms with van der Waals surface area (Å²) < 4.78 is 0. The maximum absolute atomic E-state index is 11.9. The Labute approximate surface area is 137 Å². The van der Waals surface area contributed by atoms with Crippen molar-refractivity contribution in [3.8, 4) is 0 Å². The third kappa shape index (κ3) is 4.66. The highest BCUT2D eigenvalue weighted by Gasteiger charge is 2.16. The highest BCUT2D eigenvalue weighted by atomic mass is 16.3. The second kappa shape index (κ2) is 8.48. The smallest absolute Gasteiger partial charge is 0.315 e. The van der Waals surface area contributed by atoms with Crippen LogP contribution >= 0.6 is 0 Å². The molecule has 1 atom stereocenters. The number of carbonyl (C=O) groups excluding carboxylic acids is 1. The normalized spacial score (nSPS) is 12.3. The molecule has 5 nitrogen and oxygen atoms in total. The summed E-state index contributed by atoms with van der Waals surface area (Å²) in [4.78, 5) is 16.3. The number of rotatable bonds is 7. The van der Waals surface area contributed by atoms with Gasteiger partial charge in [-0.05, 0) is 17.5 Å². The first-order chi connectivity index (χ1) is 11.2. The molecule has 2 rings (SSSR count). The molecule has 124 valence electrons. The van der Waals surface area contributed by atoms with Crippen LogP contribution in [0.4, 0.5) is 4.79 Å². The minimum absolute atomic E-state index is 0.220. The van der Waals surface area contributed by atoms with Crippen molar-refractivity contribution in [2.75, 3.05) is 6.54 Å². The quantitative estimate of drug-likeness (QED) is 0.735. The number of nitrogens with one attached hydrogen (secondary N) is 2. The number of hydrogen-bond acceptors (Lipinski definition) is 3. The summed E-state index contributed by atoms with van der Waals surface area (Å²) in [7, 11) is 0. The van der Waals surface area contributed by atoms with Crippen LogP contribution in [0.5, 0.6) is 0 Å². The third-order valence-corrected chi connectivity index (χ3v) is 4.22. The van der Waals surface area contributed by atoms with Gasteiger partial charge in [-0.2, -0.15) is 0 Å². The van der Waals surface area contributed by atoms with E-state index in [0.717, 1.165) is 29.3 Å². The largest absolute Gasteiger partial charge is 0.391 e. The zero-order valence-electron chi connectivity index (χ0n) is 13.7. The fourth-order valence-electron chi connectivity index (χ4n) is 2.74. The first kappa shape index (κ1) is 17.2. The number of nitrogens with zero attached hydrogens (tertiary/aromatic N) is 1. The lowest BCUT2D eigenvalue weighted by Crippen LogP contribution is -2.41.